The highest BCUT2D eigenvalue weighted by Crippen LogP contribution is 2.27. The second-order valence-electron chi connectivity index (χ2n) is 6.63. The summed E-state index contributed by atoms with van der Waals surface area (Å²) in [5.41, 5.74) is 6.40. The van der Waals surface area contributed by atoms with E-state index in [9.17, 15) is 4.79 Å². The number of hydrogen-bond donors (Lipinski definition) is 2. The van der Waals surface area contributed by atoms with Crippen molar-refractivity contribution in [2.75, 3.05) is 5.32 Å². The lowest BCUT2D eigenvalue weighted by Gasteiger charge is -2.28. The quantitative estimate of drug-likeness (QED) is 0.887. The first-order chi connectivity index (χ1) is 9.36. The average molecular weight is 276 g/mol. The molecule has 1 aliphatic rings. The molecule has 1 fully saturated rings. The van der Waals surface area contributed by atoms with Gasteiger partial charge in [-0.3, -0.25) is 4.79 Å². The molecule has 1 aliphatic carbocycles. The number of carbonyl (C=O) groups excluding carboxylic acids is 1. The molecule has 3 N–H and O–H groups in total. The summed E-state index contributed by atoms with van der Waals surface area (Å²) in [7, 11) is 0. The molecule has 20 heavy (non-hydrogen) atoms. The topological polar surface area (TPSA) is 80.9 Å². The van der Waals surface area contributed by atoms with Gasteiger partial charge in [0, 0.05) is 23.4 Å². The van der Waals surface area contributed by atoms with Crippen LogP contribution in [0.1, 0.15) is 52.1 Å². The molecule has 0 atom stereocenters. The number of nitrogens with one attached hydrogen (secondary N) is 1. The first-order valence-corrected chi connectivity index (χ1v) is 7.24. The summed E-state index contributed by atoms with van der Waals surface area (Å²) in [6.07, 6.45) is 5.26. The average Bonchev–Trinajstić information content (AvgIpc) is 2.38. The monoisotopic (exact) mass is 276 g/mol. The number of carbonyl (C=O) groups is 1. The molecule has 110 valence electrons. The van der Waals surface area contributed by atoms with Gasteiger partial charge in [-0.05, 0) is 25.7 Å². The fraction of sp³-hybridized carbons (Fsp3) is 0.667. The van der Waals surface area contributed by atoms with E-state index in [0.29, 0.717) is 6.04 Å². The molecule has 1 aromatic heterocycles. The zero-order valence-corrected chi connectivity index (χ0v) is 12.5. The van der Waals surface area contributed by atoms with Gasteiger partial charge in [-0.15, -0.1) is 0 Å². The van der Waals surface area contributed by atoms with Gasteiger partial charge in [0.25, 0.3) is 0 Å². The smallest absolute Gasteiger partial charge is 0.220 e. The van der Waals surface area contributed by atoms with E-state index < -0.39 is 0 Å². The number of anilines is 1. The van der Waals surface area contributed by atoms with Gasteiger partial charge in [0.2, 0.25) is 5.91 Å². The molecule has 5 nitrogen and oxygen atoms in total. The molecule has 0 bridgehead atoms. The van der Waals surface area contributed by atoms with Crippen LogP contribution in [0.25, 0.3) is 0 Å². The van der Waals surface area contributed by atoms with Crippen LogP contribution >= 0.6 is 0 Å². The summed E-state index contributed by atoms with van der Waals surface area (Å²) in [6.45, 7) is 6.41. The largest absolute Gasteiger partial charge is 0.369 e. The van der Waals surface area contributed by atoms with E-state index in [4.69, 9.17) is 5.73 Å². The molecule has 1 saturated carbocycles. The van der Waals surface area contributed by atoms with E-state index in [-0.39, 0.29) is 17.2 Å². The first kappa shape index (κ1) is 14.8. The lowest BCUT2D eigenvalue weighted by atomic mass is 9.85. The Hall–Kier alpha value is -1.65. The Kier molecular flexibility index (Phi) is 4.26. The molecule has 5 heteroatoms. The van der Waals surface area contributed by atoms with Crippen LogP contribution in [0.5, 0.6) is 0 Å². The maximum Gasteiger partial charge on any atom is 0.220 e. The number of rotatable bonds is 3. The van der Waals surface area contributed by atoms with Crippen molar-refractivity contribution in [2.45, 2.75) is 57.9 Å². The number of primary amides is 1. The number of hydrogen-bond acceptors (Lipinski definition) is 4. The van der Waals surface area contributed by atoms with Gasteiger partial charge >= 0.3 is 0 Å². The Morgan fingerprint density at radius 1 is 1.25 bits per heavy atom. The number of amides is 1. The zero-order chi connectivity index (χ0) is 14.8. The van der Waals surface area contributed by atoms with E-state index in [1.54, 1.807) is 6.33 Å². The van der Waals surface area contributed by atoms with Gasteiger partial charge in [0.1, 0.15) is 12.1 Å². The Morgan fingerprint density at radius 2 is 1.90 bits per heavy atom. The highest BCUT2D eigenvalue weighted by Gasteiger charge is 2.25. The van der Waals surface area contributed by atoms with Gasteiger partial charge in [-0.2, -0.15) is 0 Å². The van der Waals surface area contributed by atoms with Crippen molar-refractivity contribution in [2.24, 2.45) is 11.7 Å². The number of aromatic nitrogens is 2. The van der Waals surface area contributed by atoms with Crippen molar-refractivity contribution in [1.82, 2.24) is 9.97 Å². The van der Waals surface area contributed by atoms with Crippen molar-refractivity contribution in [3.63, 3.8) is 0 Å². The lowest BCUT2D eigenvalue weighted by molar-refractivity contribution is -0.122. The van der Waals surface area contributed by atoms with Gasteiger partial charge < -0.3 is 11.1 Å². The summed E-state index contributed by atoms with van der Waals surface area (Å²) in [4.78, 5) is 19.8. The van der Waals surface area contributed by atoms with Crippen LogP contribution in [0.2, 0.25) is 0 Å². The summed E-state index contributed by atoms with van der Waals surface area (Å²) in [6, 6.07) is 2.38. The minimum absolute atomic E-state index is 0.0169. The molecule has 0 unspecified atom stereocenters. The summed E-state index contributed by atoms with van der Waals surface area (Å²) in [5, 5.41) is 3.45. The molecular formula is C15H24N4O. The van der Waals surface area contributed by atoms with Gasteiger partial charge in [-0.1, -0.05) is 20.8 Å². The SMILES string of the molecule is CC(C)(C)c1cc(N[C@H]2CC[C@H](C(N)=O)CC2)ncn1. The van der Waals surface area contributed by atoms with Crippen LogP contribution in [-0.4, -0.2) is 21.9 Å². The van der Waals surface area contributed by atoms with Crippen molar-refractivity contribution < 1.29 is 4.79 Å². The Labute approximate surface area is 120 Å². The minimum Gasteiger partial charge on any atom is -0.369 e. The van der Waals surface area contributed by atoms with Gasteiger partial charge in [0.05, 0.1) is 5.69 Å². The molecule has 1 amide bonds. The second kappa shape index (κ2) is 5.77. The van der Waals surface area contributed by atoms with E-state index in [1.165, 1.54) is 0 Å². The molecule has 0 aliphatic heterocycles. The van der Waals surface area contributed by atoms with Gasteiger partial charge in [0.15, 0.2) is 0 Å². The molecule has 1 heterocycles. The van der Waals surface area contributed by atoms with Crippen LogP contribution in [0.3, 0.4) is 0 Å². The Morgan fingerprint density at radius 3 is 2.45 bits per heavy atom. The third-order valence-corrected chi connectivity index (χ3v) is 3.92. The van der Waals surface area contributed by atoms with Gasteiger partial charge in [-0.25, -0.2) is 9.97 Å². The normalized spacial score (nSPS) is 23.4. The number of nitrogens with zero attached hydrogens (tertiary/aromatic N) is 2. The van der Waals surface area contributed by atoms with E-state index in [1.807, 2.05) is 6.07 Å². The Balaban J connectivity index is 1.96. The molecule has 0 radical (unpaired) electrons. The summed E-state index contributed by atoms with van der Waals surface area (Å²) in [5.74, 6) is 0.747. The summed E-state index contributed by atoms with van der Waals surface area (Å²) < 4.78 is 0. The predicted molar refractivity (Wildman–Crippen MR) is 79.3 cm³/mol. The molecule has 0 saturated heterocycles. The highest BCUT2D eigenvalue weighted by atomic mass is 16.1. The molecule has 0 aromatic carbocycles. The third kappa shape index (κ3) is 3.68. The van der Waals surface area contributed by atoms with Crippen molar-refractivity contribution in [3.8, 4) is 0 Å². The van der Waals surface area contributed by atoms with Crippen LogP contribution in [-0.2, 0) is 10.2 Å². The standard InChI is InChI=1S/C15H24N4O/c1-15(2,3)12-8-13(18-9-17-12)19-11-6-4-10(5-7-11)14(16)20/h8-11H,4-7H2,1-3H3,(H2,16,20)(H,17,18,19)/t10-,11-. The maximum atomic E-state index is 11.2. The number of nitrogens with two attached hydrogens (primary N) is 1. The van der Waals surface area contributed by atoms with Crippen LogP contribution in [0, 0.1) is 5.92 Å². The van der Waals surface area contributed by atoms with Crippen LogP contribution < -0.4 is 11.1 Å². The van der Waals surface area contributed by atoms with Crippen molar-refractivity contribution in [1.29, 1.82) is 0 Å². The summed E-state index contributed by atoms with van der Waals surface area (Å²) >= 11 is 0. The van der Waals surface area contributed by atoms with Crippen LogP contribution in [0.15, 0.2) is 12.4 Å². The third-order valence-electron chi connectivity index (χ3n) is 3.92. The molecular weight excluding hydrogens is 252 g/mol. The predicted octanol–water partition coefficient (Wildman–Crippen LogP) is 2.23. The van der Waals surface area contributed by atoms with E-state index >= 15 is 0 Å². The molecule has 0 spiro atoms. The Bertz CT molecular complexity index is 473. The maximum absolute atomic E-state index is 11.2. The minimum atomic E-state index is -0.166. The van der Waals surface area contributed by atoms with Crippen LogP contribution in [0.4, 0.5) is 5.82 Å². The fourth-order valence-corrected chi connectivity index (χ4v) is 2.58. The van der Waals surface area contributed by atoms with E-state index in [2.05, 4.69) is 36.1 Å². The fourth-order valence-electron chi connectivity index (χ4n) is 2.58. The first-order valence-electron chi connectivity index (χ1n) is 7.24. The highest BCUT2D eigenvalue weighted by molar-refractivity contribution is 5.76. The molecule has 1 aromatic rings. The lowest BCUT2D eigenvalue weighted by Crippen LogP contribution is -2.32. The zero-order valence-electron chi connectivity index (χ0n) is 12.5. The van der Waals surface area contributed by atoms with E-state index in [0.717, 1.165) is 37.2 Å². The van der Waals surface area contributed by atoms with Crippen molar-refractivity contribution >= 4 is 11.7 Å². The molecule has 2 rings (SSSR count). The van der Waals surface area contributed by atoms with Crippen molar-refractivity contribution in [3.05, 3.63) is 18.1 Å². The second-order valence-corrected chi connectivity index (χ2v) is 6.63.